The molecule has 0 aliphatic carbocycles. The van der Waals surface area contributed by atoms with E-state index in [1.807, 2.05) is 19.9 Å². The molecule has 0 saturated carbocycles. The van der Waals surface area contributed by atoms with Crippen LogP contribution in [-0.4, -0.2) is 54.6 Å². The molecule has 0 fully saturated rings. The first-order chi connectivity index (χ1) is 13.5. The molecule has 7 heteroatoms. The number of fused-ring (bicyclic) bond motifs is 1. The first-order valence-electron chi connectivity index (χ1n) is 9.26. The summed E-state index contributed by atoms with van der Waals surface area (Å²) in [6.45, 7) is 5.46. The van der Waals surface area contributed by atoms with Gasteiger partial charge in [-0.2, -0.15) is 0 Å². The number of methoxy groups -OCH3 is 1. The Morgan fingerprint density at radius 2 is 2.07 bits per heavy atom. The van der Waals surface area contributed by atoms with Gasteiger partial charge >= 0.3 is 0 Å². The molecule has 0 bridgehead atoms. The molecule has 1 aliphatic heterocycles. The summed E-state index contributed by atoms with van der Waals surface area (Å²) >= 11 is 0. The highest BCUT2D eigenvalue weighted by atomic mass is 16.5. The maximum absolute atomic E-state index is 13.0. The maximum atomic E-state index is 13.0. The van der Waals surface area contributed by atoms with Crippen LogP contribution in [0.4, 0.5) is 0 Å². The fraction of sp³-hybridized carbons (Fsp3) is 0.381. The van der Waals surface area contributed by atoms with Crippen LogP contribution in [0.2, 0.25) is 0 Å². The lowest BCUT2D eigenvalue weighted by Gasteiger charge is -2.26. The lowest BCUT2D eigenvalue weighted by atomic mass is 10.1. The van der Waals surface area contributed by atoms with E-state index in [-0.39, 0.29) is 17.9 Å². The van der Waals surface area contributed by atoms with E-state index in [9.17, 15) is 9.59 Å². The van der Waals surface area contributed by atoms with Crippen molar-refractivity contribution in [2.75, 3.05) is 26.9 Å². The predicted octanol–water partition coefficient (Wildman–Crippen LogP) is 2.19. The Hall–Kier alpha value is -2.93. The Morgan fingerprint density at radius 1 is 1.29 bits per heavy atom. The largest absolute Gasteiger partial charge is 0.491 e. The van der Waals surface area contributed by atoms with Crippen LogP contribution in [0, 0.1) is 6.92 Å². The van der Waals surface area contributed by atoms with Gasteiger partial charge in [0.15, 0.2) is 0 Å². The standard InChI is InChI=1S/C21H25N3O4/c1-14-4-5-17(11-23-14)21(26)24-12-18-10-16(20(25)22-8-9-27-3)6-7-19(18)28-13-15(24)2/h4-7,10-11,15H,8-9,12-13H2,1-3H3,(H,22,25)/t15-/m0/s1. The van der Waals surface area contributed by atoms with Gasteiger partial charge in [-0.05, 0) is 44.2 Å². The number of hydrogen-bond acceptors (Lipinski definition) is 5. The van der Waals surface area contributed by atoms with Gasteiger partial charge in [0.2, 0.25) is 0 Å². The molecule has 3 rings (SSSR count). The summed E-state index contributed by atoms with van der Waals surface area (Å²) in [5.74, 6) is 0.404. The number of aromatic nitrogens is 1. The number of pyridine rings is 1. The van der Waals surface area contributed by atoms with Gasteiger partial charge in [-0.15, -0.1) is 0 Å². The summed E-state index contributed by atoms with van der Waals surface area (Å²) in [7, 11) is 1.59. The monoisotopic (exact) mass is 383 g/mol. The van der Waals surface area contributed by atoms with E-state index >= 15 is 0 Å². The first-order valence-corrected chi connectivity index (χ1v) is 9.26. The van der Waals surface area contributed by atoms with Crippen LogP contribution >= 0.6 is 0 Å². The number of carbonyl (C=O) groups is 2. The molecule has 1 atom stereocenters. The molecule has 2 aromatic rings. The van der Waals surface area contributed by atoms with Gasteiger partial charge in [-0.3, -0.25) is 14.6 Å². The number of rotatable bonds is 5. The Bertz CT molecular complexity index is 851. The van der Waals surface area contributed by atoms with Gasteiger partial charge in [-0.25, -0.2) is 0 Å². The van der Waals surface area contributed by atoms with Gasteiger partial charge in [0.1, 0.15) is 12.4 Å². The van der Waals surface area contributed by atoms with Crippen molar-refractivity contribution in [3.8, 4) is 5.75 Å². The molecule has 2 heterocycles. The van der Waals surface area contributed by atoms with Crippen LogP contribution in [-0.2, 0) is 11.3 Å². The first kappa shape index (κ1) is 19.8. The van der Waals surface area contributed by atoms with E-state index in [1.54, 1.807) is 42.5 Å². The zero-order valence-corrected chi connectivity index (χ0v) is 16.4. The molecule has 1 N–H and O–H groups in total. The molecule has 148 valence electrons. The SMILES string of the molecule is COCCNC(=O)c1ccc2c(c1)CN(C(=O)c1ccc(C)nc1)[C@@H](C)CO2. The molecule has 28 heavy (non-hydrogen) atoms. The van der Waals surface area contributed by atoms with Crippen LogP contribution < -0.4 is 10.1 Å². The third kappa shape index (κ3) is 4.48. The van der Waals surface area contributed by atoms with Crippen LogP contribution in [0.25, 0.3) is 0 Å². The number of aryl methyl sites for hydroxylation is 1. The van der Waals surface area contributed by atoms with Crippen molar-refractivity contribution in [3.05, 3.63) is 58.9 Å². The molecule has 1 aromatic heterocycles. The number of benzene rings is 1. The second-order valence-electron chi connectivity index (χ2n) is 6.85. The van der Waals surface area contributed by atoms with E-state index in [2.05, 4.69) is 10.3 Å². The van der Waals surface area contributed by atoms with Crippen LogP contribution in [0.5, 0.6) is 5.75 Å². The minimum atomic E-state index is -0.183. The van der Waals surface area contributed by atoms with Gasteiger partial charge in [0.05, 0.1) is 24.8 Å². The fourth-order valence-electron chi connectivity index (χ4n) is 3.03. The van der Waals surface area contributed by atoms with Crippen molar-refractivity contribution >= 4 is 11.8 Å². The molecular formula is C21H25N3O4. The second kappa shape index (κ2) is 8.84. The maximum Gasteiger partial charge on any atom is 0.256 e. The highest BCUT2D eigenvalue weighted by Gasteiger charge is 2.27. The van der Waals surface area contributed by atoms with Crippen LogP contribution in [0.15, 0.2) is 36.5 Å². The Kier molecular flexibility index (Phi) is 6.26. The Balaban J connectivity index is 1.82. The van der Waals surface area contributed by atoms with Crippen molar-refractivity contribution in [2.45, 2.75) is 26.4 Å². The normalized spacial score (nSPS) is 16.0. The van der Waals surface area contributed by atoms with Gasteiger partial charge in [-0.1, -0.05) is 0 Å². The predicted molar refractivity (Wildman–Crippen MR) is 104 cm³/mol. The topological polar surface area (TPSA) is 80.8 Å². The van der Waals surface area contributed by atoms with E-state index in [1.165, 1.54) is 0 Å². The van der Waals surface area contributed by atoms with Gasteiger partial charge in [0.25, 0.3) is 11.8 Å². The average Bonchev–Trinajstić information content (AvgIpc) is 2.86. The molecule has 7 nitrogen and oxygen atoms in total. The second-order valence-corrected chi connectivity index (χ2v) is 6.85. The van der Waals surface area contributed by atoms with E-state index in [0.29, 0.717) is 43.2 Å². The van der Waals surface area contributed by atoms with Crippen LogP contribution in [0.3, 0.4) is 0 Å². The molecule has 1 aliphatic rings. The molecule has 0 spiro atoms. The summed E-state index contributed by atoms with van der Waals surface area (Å²) in [6.07, 6.45) is 1.59. The average molecular weight is 383 g/mol. The summed E-state index contributed by atoms with van der Waals surface area (Å²) in [6, 6.07) is 8.79. The number of amides is 2. The lowest BCUT2D eigenvalue weighted by molar-refractivity contribution is 0.0645. The quantitative estimate of drug-likeness (QED) is 0.801. The van der Waals surface area contributed by atoms with Crippen molar-refractivity contribution in [3.63, 3.8) is 0 Å². The zero-order valence-electron chi connectivity index (χ0n) is 16.4. The Morgan fingerprint density at radius 3 is 2.79 bits per heavy atom. The summed E-state index contributed by atoms with van der Waals surface area (Å²) < 4.78 is 10.8. The van der Waals surface area contributed by atoms with Gasteiger partial charge in [0, 0.05) is 36.7 Å². The number of nitrogens with zero attached hydrogens (tertiary/aromatic N) is 2. The highest BCUT2D eigenvalue weighted by Crippen LogP contribution is 2.27. The van der Waals surface area contributed by atoms with E-state index < -0.39 is 0 Å². The molecule has 2 amide bonds. The molecule has 0 unspecified atom stereocenters. The number of nitrogens with one attached hydrogen (secondary N) is 1. The number of ether oxygens (including phenoxy) is 2. The Labute approximate surface area is 164 Å². The van der Waals surface area contributed by atoms with E-state index in [0.717, 1.165) is 11.3 Å². The summed E-state index contributed by atoms with van der Waals surface area (Å²) in [4.78, 5) is 31.3. The smallest absolute Gasteiger partial charge is 0.256 e. The highest BCUT2D eigenvalue weighted by molar-refractivity contribution is 5.95. The molecule has 0 saturated heterocycles. The molecule has 0 radical (unpaired) electrons. The zero-order chi connectivity index (χ0) is 20.1. The summed E-state index contributed by atoms with van der Waals surface area (Å²) in [5.41, 5.74) is 2.72. The lowest BCUT2D eigenvalue weighted by Crippen LogP contribution is -2.39. The molecule has 1 aromatic carbocycles. The number of hydrogen-bond donors (Lipinski definition) is 1. The minimum Gasteiger partial charge on any atom is -0.491 e. The van der Waals surface area contributed by atoms with Crippen LogP contribution in [0.1, 0.15) is 38.9 Å². The van der Waals surface area contributed by atoms with Crippen molar-refractivity contribution < 1.29 is 19.1 Å². The molecular weight excluding hydrogens is 358 g/mol. The van der Waals surface area contributed by atoms with Crippen molar-refractivity contribution in [2.24, 2.45) is 0 Å². The summed E-state index contributed by atoms with van der Waals surface area (Å²) in [5, 5.41) is 2.80. The minimum absolute atomic E-state index is 0.105. The van der Waals surface area contributed by atoms with Gasteiger partial charge < -0.3 is 19.7 Å². The third-order valence-corrected chi connectivity index (χ3v) is 4.69. The number of carbonyl (C=O) groups excluding carboxylic acids is 2. The fourth-order valence-corrected chi connectivity index (χ4v) is 3.03. The van der Waals surface area contributed by atoms with Crippen molar-refractivity contribution in [1.82, 2.24) is 15.2 Å². The third-order valence-electron chi connectivity index (χ3n) is 4.69. The van der Waals surface area contributed by atoms with Crippen molar-refractivity contribution in [1.29, 1.82) is 0 Å². The van der Waals surface area contributed by atoms with E-state index in [4.69, 9.17) is 9.47 Å².